The van der Waals surface area contributed by atoms with Gasteiger partial charge in [0.1, 0.15) is 0 Å². The number of piperidine rings is 1. The number of aliphatic imine (C=N–C) groups is 1. The first kappa shape index (κ1) is 23.6. The van der Waals surface area contributed by atoms with E-state index in [9.17, 15) is 18.0 Å². The number of ether oxygens (including phenoxy) is 1. The number of nitrogens with one attached hydrogen (secondary N) is 4. The average Bonchev–Trinajstić information content (AvgIpc) is 3.19. The zero-order valence-corrected chi connectivity index (χ0v) is 19.6. The first-order valence-corrected chi connectivity index (χ1v) is 11.2. The number of aromatic nitrogens is 1. The standard InChI is InChI=1S/C21H24BrF3N6O2/c1-31-7-3-4-11(10-31)28-19-27-9-14(21(23,24)25)17(30-19)13-8-26-18-12(13)5-6-15(16(18)22)29-20(32)33-2/h5-6,8-9,11,19,26-28H,3-4,7,10H2,1-2H3,(H,29,32). The lowest BCUT2D eigenvalue weighted by atomic mass is 10.0. The molecule has 12 heteroatoms. The van der Waals surface area contributed by atoms with Gasteiger partial charge in [-0.25, -0.2) is 9.79 Å². The zero-order valence-electron chi connectivity index (χ0n) is 18.0. The summed E-state index contributed by atoms with van der Waals surface area (Å²) in [5, 5.41) is 9.15. The van der Waals surface area contributed by atoms with E-state index in [0.29, 0.717) is 26.6 Å². The molecule has 2 atom stereocenters. The highest BCUT2D eigenvalue weighted by Crippen LogP contribution is 2.36. The van der Waals surface area contributed by atoms with E-state index in [-0.39, 0.29) is 11.8 Å². The number of aromatic amines is 1. The molecule has 0 spiro atoms. The van der Waals surface area contributed by atoms with Crippen molar-refractivity contribution in [3.63, 3.8) is 0 Å². The molecule has 8 nitrogen and oxygen atoms in total. The van der Waals surface area contributed by atoms with Crippen LogP contribution >= 0.6 is 15.9 Å². The van der Waals surface area contributed by atoms with E-state index in [4.69, 9.17) is 0 Å². The van der Waals surface area contributed by atoms with Crippen LogP contribution in [0.4, 0.5) is 23.7 Å². The minimum atomic E-state index is -4.59. The molecule has 33 heavy (non-hydrogen) atoms. The minimum absolute atomic E-state index is 0.121. The predicted molar refractivity (Wildman–Crippen MR) is 123 cm³/mol. The van der Waals surface area contributed by atoms with Crippen molar-refractivity contribution in [2.45, 2.75) is 31.3 Å². The smallest absolute Gasteiger partial charge is 0.419 e. The number of hydrogen-bond acceptors (Lipinski definition) is 6. The minimum Gasteiger partial charge on any atom is -0.453 e. The topological polar surface area (TPSA) is 93.8 Å². The summed E-state index contributed by atoms with van der Waals surface area (Å²) in [5.74, 6) is 0. The van der Waals surface area contributed by atoms with Crippen LogP contribution in [0.5, 0.6) is 0 Å². The molecule has 0 bridgehead atoms. The monoisotopic (exact) mass is 528 g/mol. The third-order valence-electron chi connectivity index (χ3n) is 5.69. The molecule has 0 radical (unpaired) electrons. The van der Waals surface area contributed by atoms with E-state index in [2.05, 4.69) is 51.5 Å². The molecule has 4 N–H and O–H groups in total. The van der Waals surface area contributed by atoms with Crippen LogP contribution in [0.3, 0.4) is 0 Å². The molecule has 1 aromatic carbocycles. The highest BCUT2D eigenvalue weighted by atomic mass is 79.9. The van der Waals surface area contributed by atoms with Crippen molar-refractivity contribution < 1.29 is 22.7 Å². The number of carbonyl (C=O) groups is 1. The normalized spacial score (nSPS) is 21.9. The maximum Gasteiger partial charge on any atom is 0.419 e. The lowest BCUT2D eigenvalue weighted by Crippen LogP contribution is -2.52. The molecular formula is C21H24BrF3N6O2. The van der Waals surface area contributed by atoms with Crippen molar-refractivity contribution >= 4 is 44.3 Å². The molecule has 3 heterocycles. The van der Waals surface area contributed by atoms with Crippen molar-refractivity contribution in [3.05, 3.63) is 40.1 Å². The fourth-order valence-electron chi connectivity index (χ4n) is 4.13. The molecule has 2 unspecified atom stereocenters. The van der Waals surface area contributed by atoms with Gasteiger partial charge >= 0.3 is 12.3 Å². The maximum atomic E-state index is 13.8. The number of amides is 1. The SMILES string of the molecule is COC(=O)Nc1ccc2c(C3=NC(NC4CCCN(C)C4)NC=C3C(F)(F)F)c[nH]c2c1Br. The van der Waals surface area contributed by atoms with Crippen LogP contribution in [-0.4, -0.2) is 67.4 Å². The molecule has 178 valence electrons. The van der Waals surface area contributed by atoms with Crippen molar-refractivity contribution in [3.8, 4) is 0 Å². The number of H-pyrrole nitrogens is 1. The van der Waals surface area contributed by atoms with Gasteiger partial charge in [0.15, 0.2) is 6.29 Å². The number of rotatable bonds is 4. The third kappa shape index (κ3) is 5.02. The van der Waals surface area contributed by atoms with E-state index < -0.39 is 24.1 Å². The number of benzene rings is 1. The second kappa shape index (κ2) is 9.35. The van der Waals surface area contributed by atoms with E-state index in [1.54, 1.807) is 12.1 Å². The Morgan fingerprint density at radius 2 is 2.15 bits per heavy atom. The second-order valence-corrected chi connectivity index (χ2v) is 8.83. The van der Waals surface area contributed by atoms with Gasteiger partial charge in [-0.05, 0) is 48.4 Å². The summed E-state index contributed by atoms with van der Waals surface area (Å²) in [4.78, 5) is 21.2. The van der Waals surface area contributed by atoms with Gasteiger partial charge in [0, 0.05) is 35.9 Å². The van der Waals surface area contributed by atoms with Gasteiger partial charge in [0.25, 0.3) is 0 Å². The number of carbonyl (C=O) groups excluding carboxylic acids is 1. The van der Waals surface area contributed by atoms with E-state index in [1.165, 1.54) is 13.3 Å². The molecular weight excluding hydrogens is 505 g/mol. The van der Waals surface area contributed by atoms with Gasteiger partial charge in [0.2, 0.25) is 0 Å². The van der Waals surface area contributed by atoms with Crippen LogP contribution in [0.25, 0.3) is 10.9 Å². The van der Waals surface area contributed by atoms with Crippen molar-refractivity contribution in [2.75, 3.05) is 32.6 Å². The van der Waals surface area contributed by atoms with E-state index in [0.717, 1.165) is 32.1 Å². The van der Waals surface area contributed by atoms with Crippen LogP contribution in [0, 0.1) is 0 Å². The van der Waals surface area contributed by atoms with Gasteiger partial charge in [-0.3, -0.25) is 10.6 Å². The number of nitrogens with zero attached hydrogens (tertiary/aromatic N) is 2. The maximum absolute atomic E-state index is 13.8. The number of methoxy groups -OCH3 is 1. The Bertz CT molecular complexity index is 1110. The summed E-state index contributed by atoms with van der Waals surface area (Å²) >= 11 is 3.41. The average molecular weight is 529 g/mol. The van der Waals surface area contributed by atoms with E-state index >= 15 is 0 Å². The Morgan fingerprint density at radius 3 is 2.85 bits per heavy atom. The summed E-state index contributed by atoms with van der Waals surface area (Å²) in [5.41, 5.74) is 0.250. The molecule has 2 aromatic rings. The summed E-state index contributed by atoms with van der Waals surface area (Å²) < 4.78 is 46.6. The van der Waals surface area contributed by atoms with Crippen LogP contribution in [0.2, 0.25) is 0 Å². The number of anilines is 1. The number of hydrogen-bond donors (Lipinski definition) is 4. The summed E-state index contributed by atoms with van der Waals surface area (Å²) in [6, 6.07) is 3.34. The van der Waals surface area contributed by atoms with Gasteiger partial charge in [-0.1, -0.05) is 6.07 Å². The van der Waals surface area contributed by atoms with Crippen molar-refractivity contribution in [1.29, 1.82) is 0 Å². The summed E-state index contributed by atoms with van der Waals surface area (Å²) in [6.45, 7) is 1.80. The molecule has 2 aliphatic rings. The summed E-state index contributed by atoms with van der Waals surface area (Å²) in [7, 11) is 3.26. The molecule has 2 aliphatic heterocycles. The van der Waals surface area contributed by atoms with Gasteiger partial charge in [-0.15, -0.1) is 0 Å². The molecule has 4 rings (SSSR count). The zero-order chi connectivity index (χ0) is 23.8. The van der Waals surface area contributed by atoms with Crippen LogP contribution in [0.15, 0.2) is 39.6 Å². The first-order chi connectivity index (χ1) is 15.7. The largest absolute Gasteiger partial charge is 0.453 e. The number of halogens is 4. The Hall–Kier alpha value is -2.57. The molecule has 0 aliphatic carbocycles. The number of allylic oxidation sites excluding steroid dienone is 1. The highest BCUT2D eigenvalue weighted by molar-refractivity contribution is 9.10. The van der Waals surface area contributed by atoms with Crippen LogP contribution < -0.4 is 16.0 Å². The molecule has 1 amide bonds. The quantitative estimate of drug-likeness (QED) is 0.482. The Morgan fingerprint density at radius 1 is 1.36 bits per heavy atom. The lowest BCUT2D eigenvalue weighted by Gasteiger charge is -2.33. The predicted octanol–water partition coefficient (Wildman–Crippen LogP) is 3.91. The van der Waals surface area contributed by atoms with Crippen molar-refractivity contribution in [2.24, 2.45) is 4.99 Å². The highest BCUT2D eigenvalue weighted by Gasteiger charge is 2.40. The van der Waals surface area contributed by atoms with Gasteiger partial charge in [0.05, 0.1) is 34.1 Å². The first-order valence-electron chi connectivity index (χ1n) is 10.4. The number of fused-ring (bicyclic) bond motifs is 1. The fourth-order valence-corrected chi connectivity index (χ4v) is 4.68. The Balaban J connectivity index is 1.69. The van der Waals surface area contributed by atoms with Crippen LogP contribution in [0.1, 0.15) is 18.4 Å². The van der Waals surface area contributed by atoms with Crippen LogP contribution in [-0.2, 0) is 4.74 Å². The molecule has 0 saturated carbocycles. The Kier molecular flexibility index (Phi) is 6.68. The fraction of sp³-hybridized carbons (Fsp3) is 0.429. The lowest BCUT2D eigenvalue weighted by molar-refractivity contribution is -0.0867. The molecule has 1 fully saturated rings. The van der Waals surface area contributed by atoms with Gasteiger partial charge in [-0.2, -0.15) is 13.2 Å². The number of likely N-dealkylation sites (tertiary alicyclic amines) is 1. The van der Waals surface area contributed by atoms with E-state index in [1.807, 2.05) is 7.05 Å². The second-order valence-electron chi connectivity index (χ2n) is 8.04. The number of likely N-dealkylation sites (N-methyl/N-ethyl adjacent to an activating group) is 1. The molecule has 1 saturated heterocycles. The number of alkyl halides is 3. The summed E-state index contributed by atoms with van der Waals surface area (Å²) in [6.07, 6.45) is -1.51. The van der Waals surface area contributed by atoms with Crippen molar-refractivity contribution in [1.82, 2.24) is 20.5 Å². The molecule has 1 aromatic heterocycles. The van der Waals surface area contributed by atoms with Gasteiger partial charge < -0.3 is 19.9 Å². The Labute approximate surface area is 196 Å². The third-order valence-corrected chi connectivity index (χ3v) is 6.52.